The molecule has 0 fully saturated rings. The minimum absolute atomic E-state index is 0.205. The van der Waals surface area contributed by atoms with E-state index in [9.17, 15) is 9.59 Å². The van der Waals surface area contributed by atoms with Crippen molar-refractivity contribution < 1.29 is 9.47 Å². The first-order valence-electron chi connectivity index (χ1n) is 5.86. The first-order valence-corrected chi connectivity index (χ1v) is 6.74. The molecule has 1 aliphatic rings. The molecule has 0 bridgehead atoms. The van der Waals surface area contributed by atoms with Crippen molar-refractivity contribution >= 4 is 21.6 Å². The highest BCUT2D eigenvalue weighted by molar-refractivity contribution is 7.17. The molecule has 1 aromatic carbocycles. The number of ether oxygens (including phenoxy) is 2. The summed E-state index contributed by atoms with van der Waals surface area (Å²) in [6, 6.07) is 5.50. The Bertz CT molecular complexity index is 937. The number of fused-ring (bicyclic) bond motifs is 2. The van der Waals surface area contributed by atoms with E-state index >= 15 is 0 Å². The third-order valence-corrected chi connectivity index (χ3v) is 4.05. The van der Waals surface area contributed by atoms with Crippen molar-refractivity contribution in [1.29, 1.82) is 0 Å². The van der Waals surface area contributed by atoms with Crippen LogP contribution in [-0.4, -0.2) is 16.8 Å². The number of aromatic nitrogens is 2. The lowest BCUT2D eigenvalue weighted by molar-refractivity contribution is 0.174. The van der Waals surface area contributed by atoms with Crippen LogP contribution in [-0.2, 0) is 0 Å². The molecule has 2 N–H and O–H groups in total. The van der Waals surface area contributed by atoms with E-state index < -0.39 is 11.2 Å². The van der Waals surface area contributed by atoms with Crippen LogP contribution in [0.25, 0.3) is 21.3 Å². The standard InChI is InChI=1S/C13H8N2O4S/c16-11-10-7(4-20-12(10)15-13(17)14-11)6-1-2-8-9(3-6)19-5-18-8/h1-4H,5H2,(H2,14,15,16,17). The second-order valence-electron chi connectivity index (χ2n) is 4.33. The number of thiophene rings is 1. The summed E-state index contributed by atoms with van der Waals surface area (Å²) in [4.78, 5) is 28.7. The molecule has 0 amide bonds. The molecule has 0 unspecified atom stereocenters. The van der Waals surface area contributed by atoms with Crippen LogP contribution in [0.4, 0.5) is 0 Å². The molecule has 7 heteroatoms. The molecular formula is C13H8N2O4S. The Morgan fingerprint density at radius 3 is 2.85 bits per heavy atom. The molecule has 0 saturated heterocycles. The predicted octanol–water partition coefficient (Wildman–Crippen LogP) is 1.67. The molecule has 100 valence electrons. The van der Waals surface area contributed by atoms with Gasteiger partial charge in [-0.05, 0) is 17.7 Å². The normalized spacial score (nSPS) is 13.0. The summed E-state index contributed by atoms with van der Waals surface area (Å²) in [5, 5.41) is 2.32. The average molecular weight is 288 g/mol. The van der Waals surface area contributed by atoms with Crippen LogP contribution in [0.2, 0.25) is 0 Å². The molecule has 0 aliphatic carbocycles. The maximum Gasteiger partial charge on any atom is 0.326 e. The van der Waals surface area contributed by atoms with Crippen molar-refractivity contribution in [2.45, 2.75) is 0 Å². The topological polar surface area (TPSA) is 84.2 Å². The van der Waals surface area contributed by atoms with E-state index in [1.165, 1.54) is 11.3 Å². The lowest BCUT2D eigenvalue weighted by Crippen LogP contribution is -2.21. The monoisotopic (exact) mass is 288 g/mol. The molecule has 6 nitrogen and oxygen atoms in total. The van der Waals surface area contributed by atoms with Gasteiger partial charge in [0, 0.05) is 10.9 Å². The molecule has 3 heterocycles. The summed E-state index contributed by atoms with van der Waals surface area (Å²) >= 11 is 1.32. The van der Waals surface area contributed by atoms with E-state index in [2.05, 4.69) is 9.97 Å². The lowest BCUT2D eigenvalue weighted by Gasteiger charge is -2.01. The highest BCUT2D eigenvalue weighted by Crippen LogP contribution is 2.38. The Labute approximate surface area is 115 Å². The fourth-order valence-corrected chi connectivity index (χ4v) is 3.21. The Morgan fingerprint density at radius 2 is 1.95 bits per heavy atom. The largest absolute Gasteiger partial charge is 0.454 e. The van der Waals surface area contributed by atoms with Crippen molar-refractivity contribution in [3.63, 3.8) is 0 Å². The van der Waals surface area contributed by atoms with E-state index in [-0.39, 0.29) is 6.79 Å². The van der Waals surface area contributed by atoms with Gasteiger partial charge in [-0.25, -0.2) is 4.79 Å². The molecule has 0 atom stereocenters. The van der Waals surface area contributed by atoms with Gasteiger partial charge in [0.25, 0.3) is 5.56 Å². The van der Waals surface area contributed by atoms with Gasteiger partial charge in [0.05, 0.1) is 5.39 Å². The van der Waals surface area contributed by atoms with Gasteiger partial charge < -0.3 is 9.47 Å². The van der Waals surface area contributed by atoms with Crippen molar-refractivity contribution in [3.8, 4) is 22.6 Å². The van der Waals surface area contributed by atoms with Crippen LogP contribution in [0, 0.1) is 0 Å². The van der Waals surface area contributed by atoms with Crippen molar-refractivity contribution in [3.05, 3.63) is 44.4 Å². The van der Waals surface area contributed by atoms with E-state index in [0.717, 1.165) is 11.1 Å². The average Bonchev–Trinajstić information content (AvgIpc) is 3.03. The summed E-state index contributed by atoms with van der Waals surface area (Å²) in [5.74, 6) is 1.35. The summed E-state index contributed by atoms with van der Waals surface area (Å²) in [6.07, 6.45) is 0. The molecule has 20 heavy (non-hydrogen) atoms. The third kappa shape index (κ3) is 1.56. The van der Waals surface area contributed by atoms with Gasteiger partial charge in [-0.2, -0.15) is 0 Å². The Hall–Kier alpha value is -2.54. The fourth-order valence-electron chi connectivity index (χ4n) is 2.25. The highest BCUT2D eigenvalue weighted by Gasteiger charge is 2.17. The number of aromatic amines is 2. The lowest BCUT2D eigenvalue weighted by atomic mass is 10.1. The minimum atomic E-state index is -0.499. The van der Waals surface area contributed by atoms with Gasteiger partial charge in [0.15, 0.2) is 11.5 Å². The first-order chi connectivity index (χ1) is 9.72. The molecule has 0 radical (unpaired) electrons. The second-order valence-corrected chi connectivity index (χ2v) is 5.21. The number of benzene rings is 1. The third-order valence-electron chi connectivity index (χ3n) is 3.16. The SMILES string of the molecule is O=c1[nH]c(=O)c2c(-c3ccc4c(c3)OCO4)csc2[nH]1. The highest BCUT2D eigenvalue weighted by atomic mass is 32.1. The molecule has 1 aliphatic heterocycles. The zero-order chi connectivity index (χ0) is 13.7. The smallest absolute Gasteiger partial charge is 0.326 e. The molecule has 0 spiro atoms. The summed E-state index contributed by atoms with van der Waals surface area (Å²) < 4.78 is 10.6. The summed E-state index contributed by atoms with van der Waals surface area (Å²) in [7, 11) is 0. The number of hydrogen-bond donors (Lipinski definition) is 2. The van der Waals surface area contributed by atoms with Crippen LogP contribution in [0.3, 0.4) is 0 Å². The maximum absolute atomic E-state index is 12.0. The van der Waals surface area contributed by atoms with E-state index in [1.54, 1.807) is 6.07 Å². The van der Waals surface area contributed by atoms with Crippen molar-refractivity contribution in [2.75, 3.05) is 6.79 Å². The quantitative estimate of drug-likeness (QED) is 0.713. The molecule has 2 aromatic heterocycles. The Kier molecular flexibility index (Phi) is 2.25. The van der Waals surface area contributed by atoms with Gasteiger partial charge in [0.1, 0.15) is 4.83 Å². The Morgan fingerprint density at radius 1 is 1.10 bits per heavy atom. The van der Waals surface area contributed by atoms with E-state index in [4.69, 9.17) is 9.47 Å². The van der Waals surface area contributed by atoms with E-state index in [0.29, 0.717) is 21.7 Å². The summed E-state index contributed by atoms with van der Waals surface area (Å²) in [6.45, 7) is 0.205. The zero-order valence-corrected chi connectivity index (χ0v) is 10.9. The van der Waals surface area contributed by atoms with Crippen LogP contribution in [0.5, 0.6) is 11.5 Å². The second kappa shape index (κ2) is 3.97. The van der Waals surface area contributed by atoms with Crippen LogP contribution >= 0.6 is 11.3 Å². The number of rotatable bonds is 1. The van der Waals surface area contributed by atoms with Crippen LogP contribution in [0.1, 0.15) is 0 Å². The van der Waals surface area contributed by atoms with Crippen LogP contribution in [0.15, 0.2) is 33.2 Å². The van der Waals surface area contributed by atoms with Gasteiger partial charge in [-0.3, -0.25) is 14.8 Å². The molecule has 4 rings (SSSR count). The van der Waals surface area contributed by atoms with Gasteiger partial charge in [-0.15, -0.1) is 11.3 Å². The van der Waals surface area contributed by atoms with Gasteiger partial charge in [-0.1, -0.05) is 6.07 Å². The number of nitrogens with one attached hydrogen (secondary N) is 2. The van der Waals surface area contributed by atoms with Crippen LogP contribution < -0.4 is 20.7 Å². The van der Waals surface area contributed by atoms with Crippen molar-refractivity contribution in [1.82, 2.24) is 9.97 Å². The van der Waals surface area contributed by atoms with E-state index in [1.807, 2.05) is 17.5 Å². The number of H-pyrrole nitrogens is 2. The summed E-state index contributed by atoms with van der Waals surface area (Å²) in [5.41, 5.74) is 0.720. The van der Waals surface area contributed by atoms with Gasteiger partial charge in [0.2, 0.25) is 6.79 Å². The minimum Gasteiger partial charge on any atom is -0.454 e. The molecular weight excluding hydrogens is 280 g/mol. The zero-order valence-electron chi connectivity index (χ0n) is 10.1. The number of hydrogen-bond acceptors (Lipinski definition) is 5. The Balaban J connectivity index is 1.99. The fraction of sp³-hybridized carbons (Fsp3) is 0.0769. The van der Waals surface area contributed by atoms with Crippen molar-refractivity contribution in [2.24, 2.45) is 0 Å². The molecule has 3 aromatic rings. The maximum atomic E-state index is 12.0. The predicted molar refractivity (Wildman–Crippen MR) is 74.6 cm³/mol. The first kappa shape index (κ1) is 11.3. The van der Waals surface area contributed by atoms with Gasteiger partial charge >= 0.3 is 5.69 Å². The molecule has 0 saturated carbocycles.